The van der Waals surface area contributed by atoms with Crippen LogP contribution in [0.25, 0.3) is 0 Å². The summed E-state index contributed by atoms with van der Waals surface area (Å²) in [5, 5.41) is 0. The number of alkyl halides is 3. The maximum atomic E-state index is 13.5. The Hall–Kier alpha value is -2.34. The van der Waals surface area contributed by atoms with E-state index in [1.807, 2.05) is 13.8 Å². The first-order valence-corrected chi connectivity index (χ1v) is 11.5. The summed E-state index contributed by atoms with van der Waals surface area (Å²) in [4.78, 5) is 23.8. The third-order valence-electron chi connectivity index (χ3n) is 5.26. The van der Waals surface area contributed by atoms with Gasteiger partial charge < -0.3 is 14.2 Å². The third kappa shape index (κ3) is 7.09. The summed E-state index contributed by atoms with van der Waals surface area (Å²) in [5.41, 5.74) is -2.06. The van der Waals surface area contributed by atoms with E-state index in [9.17, 15) is 31.2 Å². The molecule has 2 rings (SSSR count). The van der Waals surface area contributed by atoms with Gasteiger partial charge in [0, 0.05) is 0 Å². The highest BCUT2D eigenvalue weighted by atomic mass is 32.2. The molecule has 1 N–H and O–H groups in total. The summed E-state index contributed by atoms with van der Waals surface area (Å²) in [6, 6.07) is 2.58. The smallest absolute Gasteiger partial charge is 0.419 e. The van der Waals surface area contributed by atoms with E-state index in [4.69, 9.17) is 14.0 Å². The van der Waals surface area contributed by atoms with Crippen molar-refractivity contribution in [3.05, 3.63) is 29.3 Å². The highest BCUT2D eigenvalue weighted by molar-refractivity contribution is 7.85. The second kappa shape index (κ2) is 10.1. The van der Waals surface area contributed by atoms with E-state index in [0.717, 1.165) is 31.0 Å². The van der Waals surface area contributed by atoms with Crippen LogP contribution >= 0.6 is 0 Å². The standard InChI is InChI=1S/C20H25F3O8S/c1-13(2)19(7-3-4-8-19)31-16-11-14(5-6-15(16)20(21,22)23)18(25)30-12-17(24)29-9-10-32(26,27)28/h5-6,11,13H,3-4,7-10,12H2,1-2H3,(H,26,27,28). The Labute approximate surface area is 183 Å². The van der Waals surface area contributed by atoms with E-state index < -0.39 is 64.1 Å². The molecule has 1 saturated carbocycles. The maximum Gasteiger partial charge on any atom is 0.419 e. The van der Waals surface area contributed by atoms with E-state index in [2.05, 4.69) is 4.74 Å². The maximum absolute atomic E-state index is 13.5. The minimum Gasteiger partial charge on any atom is -0.486 e. The molecule has 0 radical (unpaired) electrons. The zero-order valence-corrected chi connectivity index (χ0v) is 18.4. The fourth-order valence-electron chi connectivity index (χ4n) is 3.47. The van der Waals surface area contributed by atoms with E-state index in [0.29, 0.717) is 12.8 Å². The molecule has 1 aliphatic carbocycles. The number of esters is 2. The molecule has 0 bridgehead atoms. The first-order chi connectivity index (χ1) is 14.7. The molecular formula is C20H25F3O8S. The first kappa shape index (κ1) is 25.9. The molecule has 1 aliphatic rings. The van der Waals surface area contributed by atoms with Crippen molar-refractivity contribution < 1.29 is 49.9 Å². The molecule has 0 aliphatic heterocycles. The van der Waals surface area contributed by atoms with Gasteiger partial charge in [-0.3, -0.25) is 4.55 Å². The Kier molecular flexibility index (Phi) is 8.16. The van der Waals surface area contributed by atoms with Crippen molar-refractivity contribution in [3.63, 3.8) is 0 Å². The van der Waals surface area contributed by atoms with E-state index in [-0.39, 0.29) is 11.5 Å². The fraction of sp³-hybridized carbons (Fsp3) is 0.600. The summed E-state index contributed by atoms with van der Waals surface area (Å²) in [6.45, 7) is 2.19. The normalized spacial score (nSPS) is 16.1. The molecule has 0 atom stereocenters. The Bertz CT molecular complexity index is 935. The molecule has 1 fully saturated rings. The molecule has 8 nitrogen and oxygen atoms in total. The monoisotopic (exact) mass is 482 g/mol. The molecule has 1 aromatic rings. The number of carbonyl (C=O) groups excluding carboxylic acids is 2. The average molecular weight is 482 g/mol. The van der Waals surface area contributed by atoms with Gasteiger partial charge in [-0.15, -0.1) is 0 Å². The summed E-state index contributed by atoms with van der Waals surface area (Å²) in [6.07, 6.45) is -1.88. The molecule has 32 heavy (non-hydrogen) atoms. The van der Waals surface area contributed by atoms with E-state index in [1.54, 1.807) is 0 Å². The quantitative estimate of drug-likeness (QED) is 0.419. The highest BCUT2D eigenvalue weighted by Gasteiger charge is 2.42. The Morgan fingerprint density at radius 2 is 1.78 bits per heavy atom. The Balaban J connectivity index is 2.14. The van der Waals surface area contributed by atoms with Crippen LogP contribution in [0.2, 0.25) is 0 Å². The molecule has 0 amide bonds. The van der Waals surface area contributed by atoms with Gasteiger partial charge in [-0.1, -0.05) is 13.8 Å². The summed E-state index contributed by atoms with van der Waals surface area (Å²) in [5.74, 6) is -3.54. The molecule has 0 aromatic heterocycles. The topological polar surface area (TPSA) is 116 Å². The van der Waals surface area contributed by atoms with Crippen LogP contribution in [0, 0.1) is 5.92 Å². The Morgan fingerprint density at radius 3 is 2.31 bits per heavy atom. The predicted molar refractivity (Wildman–Crippen MR) is 106 cm³/mol. The van der Waals surface area contributed by atoms with Gasteiger partial charge in [0.05, 0.1) is 11.1 Å². The fourth-order valence-corrected chi connectivity index (χ4v) is 3.76. The van der Waals surface area contributed by atoms with Gasteiger partial charge in [0.2, 0.25) is 0 Å². The van der Waals surface area contributed by atoms with Gasteiger partial charge in [0.25, 0.3) is 10.1 Å². The van der Waals surface area contributed by atoms with Crippen molar-refractivity contribution in [1.82, 2.24) is 0 Å². The highest BCUT2D eigenvalue weighted by Crippen LogP contribution is 2.44. The van der Waals surface area contributed by atoms with Gasteiger partial charge in [-0.2, -0.15) is 21.6 Å². The van der Waals surface area contributed by atoms with Crippen molar-refractivity contribution in [2.24, 2.45) is 5.92 Å². The molecule has 12 heteroatoms. The molecule has 180 valence electrons. The van der Waals surface area contributed by atoms with Crippen LogP contribution in [0.3, 0.4) is 0 Å². The Morgan fingerprint density at radius 1 is 1.16 bits per heavy atom. The van der Waals surface area contributed by atoms with Crippen LogP contribution in [0.15, 0.2) is 18.2 Å². The minimum absolute atomic E-state index is 0.0563. The number of ether oxygens (including phenoxy) is 3. The number of carbonyl (C=O) groups is 2. The van der Waals surface area contributed by atoms with Crippen LogP contribution in [-0.4, -0.2) is 49.5 Å². The van der Waals surface area contributed by atoms with Gasteiger partial charge in [-0.25, -0.2) is 9.59 Å². The molecule has 0 saturated heterocycles. The van der Waals surface area contributed by atoms with Gasteiger partial charge >= 0.3 is 18.1 Å². The number of halogens is 3. The number of benzene rings is 1. The van der Waals surface area contributed by atoms with Crippen molar-refractivity contribution in [1.29, 1.82) is 0 Å². The summed E-state index contributed by atoms with van der Waals surface area (Å²) >= 11 is 0. The van der Waals surface area contributed by atoms with Crippen molar-refractivity contribution in [2.75, 3.05) is 19.0 Å². The third-order valence-corrected chi connectivity index (χ3v) is 5.95. The first-order valence-electron chi connectivity index (χ1n) is 9.92. The lowest BCUT2D eigenvalue weighted by atomic mass is 9.88. The van der Waals surface area contributed by atoms with E-state index in [1.165, 1.54) is 0 Å². The second-order valence-electron chi connectivity index (χ2n) is 7.82. The van der Waals surface area contributed by atoms with Gasteiger partial charge in [0.15, 0.2) is 6.61 Å². The molecule has 1 aromatic carbocycles. The van der Waals surface area contributed by atoms with Crippen LogP contribution in [0.5, 0.6) is 5.75 Å². The molecular weight excluding hydrogens is 457 g/mol. The minimum atomic E-state index is -4.70. The van der Waals surface area contributed by atoms with Crippen molar-refractivity contribution >= 4 is 22.1 Å². The number of rotatable bonds is 9. The van der Waals surface area contributed by atoms with Gasteiger partial charge in [-0.05, 0) is 49.8 Å². The van der Waals surface area contributed by atoms with Crippen molar-refractivity contribution in [3.8, 4) is 5.75 Å². The summed E-state index contributed by atoms with van der Waals surface area (Å²) in [7, 11) is -4.33. The molecule has 0 heterocycles. The largest absolute Gasteiger partial charge is 0.486 e. The van der Waals surface area contributed by atoms with Gasteiger partial charge in [0.1, 0.15) is 23.7 Å². The zero-order chi connectivity index (χ0) is 24.2. The van der Waals surface area contributed by atoms with Crippen LogP contribution in [0.1, 0.15) is 55.5 Å². The van der Waals surface area contributed by atoms with Crippen LogP contribution < -0.4 is 4.74 Å². The summed E-state index contributed by atoms with van der Waals surface area (Å²) < 4.78 is 85.4. The van der Waals surface area contributed by atoms with Crippen LogP contribution in [0.4, 0.5) is 13.2 Å². The lowest BCUT2D eigenvalue weighted by molar-refractivity contribution is -0.146. The average Bonchev–Trinajstić information content (AvgIpc) is 3.14. The molecule has 0 unspecified atom stereocenters. The second-order valence-corrected chi connectivity index (χ2v) is 9.39. The van der Waals surface area contributed by atoms with Crippen LogP contribution in [-0.2, 0) is 30.6 Å². The van der Waals surface area contributed by atoms with E-state index >= 15 is 0 Å². The SMILES string of the molecule is CC(C)C1(Oc2cc(C(=O)OCC(=O)OCCS(=O)(=O)O)ccc2C(F)(F)F)CCCC1. The number of hydrogen-bond donors (Lipinski definition) is 1. The molecule has 0 spiro atoms. The lowest BCUT2D eigenvalue weighted by Crippen LogP contribution is -2.39. The predicted octanol–water partition coefficient (Wildman–Crippen LogP) is 3.64. The lowest BCUT2D eigenvalue weighted by Gasteiger charge is -2.35. The zero-order valence-electron chi connectivity index (χ0n) is 17.6. The van der Waals surface area contributed by atoms with Crippen molar-refractivity contribution in [2.45, 2.75) is 51.3 Å². The number of hydrogen-bond acceptors (Lipinski definition) is 7.